The summed E-state index contributed by atoms with van der Waals surface area (Å²) in [6, 6.07) is 21.9. The van der Waals surface area contributed by atoms with Crippen molar-refractivity contribution < 1.29 is 14.3 Å². The van der Waals surface area contributed by atoms with Crippen LogP contribution in [-0.4, -0.2) is 27.8 Å². The number of aromatic nitrogens is 2. The van der Waals surface area contributed by atoms with E-state index in [2.05, 4.69) is 36.3 Å². The summed E-state index contributed by atoms with van der Waals surface area (Å²) in [6.07, 6.45) is 8.58. The predicted molar refractivity (Wildman–Crippen MR) is 164 cm³/mol. The standard InChI is InChI=1S/C34H37N3O3S/c1-3-24(2)20-36-34(39)26-11-7-12-27(19-26)41-22-30-28-13-8-14-31(38)29(28)15-16-32(30)40-33(21-37-18-17-35-23-37)25-9-5-4-6-10-25/h4-7,9-12,15-19,23-24,33H,3,8,13-14,20-22H2,1-2H3,(H,36,39). The van der Waals surface area contributed by atoms with Gasteiger partial charge in [-0.3, -0.25) is 9.59 Å². The zero-order valence-electron chi connectivity index (χ0n) is 23.7. The van der Waals surface area contributed by atoms with Crippen molar-refractivity contribution in [2.24, 2.45) is 5.92 Å². The first-order valence-electron chi connectivity index (χ1n) is 14.4. The van der Waals surface area contributed by atoms with E-state index < -0.39 is 0 Å². The van der Waals surface area contributed by atoms with Crippen LogP contribution in [0.15, 0.2) is 90.3 Å². The Kier molecular flexibility index (Phi) is 9.57. The molecule has 7 heteroatoms. The van der Waals surface area contributed by atoms with Gasteiger partial charge < -0.3 is 14.6 Å². The SMILES string of the molecule is CCC(C)CNC(=O)c1cccc(SCc2c(OC(Cn3ccnc3)c3ccccc3)ccc3c2CCCC3=O)c1. The van der Waals surface area contributed by atoms with E-state index in [4.69, 9.17) is 4.74 Å². The molecule has 4 aromatic rings. The molecular formula is C34H37N3O3S. The summed E-state index contributed by atoms with van der Waals surface area (Å²) in [7, 11) is 0. The van der Waals surface area contributed by atoms with Crippen molar-refractivity contribution in [3.05, 3.63) is 113 Å². The number of thioether (sulfide) groups is 1. The van der Waals surface area contributed by atoms with Gasteiger partial charge in [-0.25, -0.2) is 4.98 Å². The first-order chi connectivity index (χ1) is 20.0. The second-order valence-electron chi connectivity index (χ2n) is 10.7. The lowest BCUT2D eigenvalue weighted by Gasteiger charge is -2.25. The number of imidazole rings is 1. The Hall–Kier alpha value is -3.84. The van der Waals surface area contributed by atoms with E-state index in [1.807, 2.05) is 65.4 Å². The van der Waals surface area contributed by atoms with E-state index in [0.29, 0.717) is 36.7 Å². The minimum absolute atomic E-state index is 0.0512. The lowest BCUT2D eigenvalue weighted by Crippen LogP contribution is -2.28. The number of carbonyl (C=O) groups is 2. The van der Waals surface area contributed by atoms with Crippen molar-refractivity contribution in [3.63, 3.8) is 0 Å². The molecule has 1 N–H and O–H groups in total. The molecule has 2 atom stereocenters. The quantitative estimate of drug-likeness (QED) is 0.182. The van der Waals surface area contributed by atoms with Crippen molar-refractivity contribution in [2.75, 3.05) is 6.54 Å². The topological polar surface area (TPSA) is 73.2 Å². The molecule has 41 heavy (non-hydrogen) atoms. The molecule has 0 spiro atoms. The number of nitrogens with one attached hydrogen (secondary N) is 1. The molecule has 2 unspecified atom stereocenters. The zero-order valence-corrected chi connectivity index (χ0v) is 24.5. The van der Waals surface area contributed by atoms with Crippen LogP contribution in [0.1, 0.15) is 76.6 Å². The molecule has 1 heterocycles. The van der Waals surface area contributed by atoms with E-state index in [1.54, 1.807) is 24.3 Å². The fraction of sp³-hybridized carbons (Fsp3) is 0.324. The fourth-order valence-corrected chi connectivity index (χ4v) is 6.07. The van der Waals surface area contributed by atoms with Gasteiger partial charge in [0.25, 0.3) is 5.91 Å². The third-order valence-corrected chi connectivity index (χ3v) is 8.70. The number of amides is 1. The molecule has 0 saturated carbocycles. The molecule has 1 aliphatic carbocycles. The van der Waals surface area contributed by atoms with Gasteiger partial charge in [0.1, 0.15) is 11.9 Å². The molecule has 1 amide bonds. The van der Waals surface area contributed by atoms with E-state index in [-0.39, 0.29) is 17.8 Å². The lowest BCUT2D eigenvalue weighted by atomic mass is 9.87. The van der Waals surface area contributed by atoms with Crippen LogP contribution in [0, 0.1) is 5.92 Å². The molecule has 1 aromatic heterocycles. The molecule has 5 rings (SSSR count). The van der Waals surface area contributed by atoms with Crippen molar-refractivity contribution >= 4 is 23.5 Å². The monoisotopic (exact) mass is 567 g/mol. The van der Waals surface area contributed by atoms with Gasteiger partial charge in [0.15, 0.2) is 5.78 Å². The van der Waals surface area contributed by atoms with Crippen LogP contribution in [0.25, 0.3) is 0 Å². The molecule has 212 valence electrons. The molecule has 0 saturated heterocycles. The number of Topliss-reactive ketones (excluding diaryl/α,β-unsaturated/α-hetero) is 1. The fourth-order valence-electron chi connectivity index (χ4n) is 5.06. The number of hydrogen-bond acceptors (Lipinski definition) is 5. The van der Waals surface area contributed by atoms with Gasteiger partial charge in [0.05, 0.1) is 12.9 Å². The zero-order chi connectivity index (χ0) is 28.6. The Morgan fingerprint density at radius 2 is 1.95 bits per heavy atom. The van der Waals surface area contributed by atoms with Crippen LogP contribution in [-0.2, 0) is 18.7 Å². The van der Waals surface area contributed by atoms with Crippen molar-refractivity contribution in [1.82, 2.24) is 14.9 Å². The molecular weight excluding hydrogens is 530 g/mol. The van der Waals surface area contributed by atoms with Crippen LogP contribution in [0.4, 0.5) is 0 Å². The van der Waals surface area contributed by atoms with E-state index in [9.17, 15) is 9.59 Å². The Morgan fingerprint density at radius 1 is 1.10 bits per heavy atom. The number of ether oxygens (including phenoxy) is 1. The number of rotatable bonds is 12. The van der Waals surface area contributed by atoms with Gasteiger partial charge in [0, 0.05) is 52.7 Å². The minimum atomic E-state index is -0.232. The molecule has 0 aliphatic heterocycles. The summed E-state index contributed by atoms with van der Waals surface area (Å²) in [6.45, 7) is 5.54. The second kappa shape index (κ2) is 13.7. The van der Waals surface area contributed by atoms with Gasteiger partial charge in [-0.2, -0.15) is 0 Å². The van der Waals surface area contributed by atoms with E-state index in [0.717, 1.165) is 52.2 Å². The van der Waals surface area contributed by atoms with Gasteiger partial charge in [-0.05, 0) is 60.2 Å². The highest BCUT2D eigenvalue weighted by molar-refractivity contribution is 7.98. The number of benzene rings is 3. The first-order valence-corrected chi connectivity index (χ1v) is 15.4. The van der Waals surface area contributed by atoms with Crippen molar-refractivity contribution in [2.45, 2.75) is 62.8 Å². The number of hydrogen-bond donors (Lipinski definition) is 1. The van der Waals surface area contributed by atoms with Gasteiger partial charge in [-0.1, -0.05) is 56.7 Å². The Balaban J connectivity index is 1.41. The normalized spacial score (nSPS) is 14.2. The molecule has 0 fully saturated rings. The average molecular weight is 568 g/mol. The van der Waals surface area contributed by atoms with Gasteiger partial charge in [-0.15, -0.1) is 11.8 Å². The van der Waals surface area contributed by atoms with Crippen LogP contribution >= 0.6 is 11.8 Å². The maximum absolute atomic E-state index is 12.8. The predicted octanol–water partition coefficient (Wildman–Crippen LogP) is 7.29. The highest BCUT2D eigenvalue weighted by Gasteiger charge is 2.25. The third-order valence-electron chi connectivity index (χ3n) is 7.68. The smallest absolute Gasteiger partial charge is 0.251 e. The summed E-state index contributed by atoms with van der Waals surface area (Å²) >= 11 is 1.66. The Bertz CT molecular complexity index is 1470. The highest BCUT2D eigenvalue weighted by Crippen LogP contribution is 2.38. The largest absolute Gasteiger partial charge is 0.484 e. The van der Waals surface area contributed by atoms with E-state index in [1.165, 1.54) is 0 Å². The molecule has 3 aromatic carbocycles. The number of nitrogens with zero attached hydrogens (tertiary/aromatic N) is 2. The number of fused-ring (bicyclic) bond motifs is 1. The Morgan fingerprint density at radius 3 is 2.73 bits per heavy atom. The van der Waals surface area contributed by atoms with Crippen LogP contribution in [0.2, 0.25) is 0 Å². The van der Waals surface area contributed by atoms with Crippen molar-refractivity contribution in [3.8, 4) is 5.75 Å². The molecule has 0 radical (unpaired) electrons. The van der Waals surface area contributed by atoms with E-state index >= 15 is 0 Å². The van der Waals surface area contributed by atoms with Crippen LogP contribution < -0.4 is 10.1 Å². The van der Waals surface area contributed by atoms with Gasteiger partial charge in [0.2, 0.25) is 0 Å². The lowest BCUT2D eigenvalue weighted by molar-refractivity contribution is 0.0945. The molecule has 1 aliphatic rings. The summed E-state index contributed by atoms with van der Waals surface area (Å²) < 4.78 is 8.80. The second-order valence-corrected chi connectivity index (χ2v) is 11.7. The highest BCUT2D eigenvalue weighted by atomic mass is 32.2. The molecule has 6 nitrogen and oxygen atoms in total. The van der Waals surface area contributed by atoms with Crippen molar-refractivity contribution in [1.29, 1.82) is 0 Å². The summed E-state index contributed by atoms with van der Waals surface area (Å²) in [5.74, 6) is 2.01. The minimum Gasteiger partial charge on any atom is -0.484 e. The summed E-state index contributed by atoms with van der Waals surface area (Å²) in [5, 5.41) is 3.05. The first kappa shape index (κ1) is 28.7. The summed E-state index contributed by atoms with van der Waals surface area (Å²) in [4.78, 5) is 30.8. The maximum atomic E-state index is 12.8. The maximum Gasteiger partial charge on any atom is 0.251 e. The number of carbonyl (C=O) groups excluding carboxylic acids is 2. The van der Waals surface area contributed by atoms with Crippen LogP contribution in [0.5, 0.6) is 5.75 Å². The third kappa shape index (κ3) is 7.27. The number of ketones is 1. The Labute approximate surface area is 246 Å². The van der Waals surface area contributed by atoms with Crippen LogP contribution in [0.3, 0.4) is 0 Å². The molecule has 0 bridgehead atoms. The summed E-state index contributed by atoms with van der Waals surface area (Å²) in [5.41, 5.74) is 4.68. The average Bonchev–Trinajstić information content (AvgIpc) is 3.52. The van der Waals surface area contributed by atoms with Gasteiger partial charge >= 0.3 is 0 Å².